The van der Waals surface area contributed by atoms with E-state index in [-0.39, 0.29) is 23.3 Å². The van der Waals surface area contributed by atoms with Crippen LogP contribution in [-0.4, -0.2) is 12.5 Å². The molecule has 3 rings (SSSR count). The quantitative estimate of drug-likeness (QED) is 0.833. The molecule has 2 unspecified atom stereocenters. The molecule has 1 aliphatic rings. The lowest BCUT2D eigenvalue weighted by atomic mass is 10.1. The second kappa shape index (κ2) is 6.36. The van der Waals surface area contributed by atoms with E-state index in [9.17, 15) is 13.6 Å². The molecule has 1 fully saturated rings. The van der Waals surface area contributed by atoms with Crippen molar-refractivity contribution in [1.82, 2.24) is 5.32 Å². The molecule has 1 aliphatic carbocycles. The predicted molar refractivity (Wildman–Crippen MR) is 84.8 cm³/mol. The minimum atomic E-state index is -0.577. The predicted octanol–water partition coefficient (Wildman–Crippen LogP) is 3.01. The normalized spacial score (nSPS) is 19.4. The van der Waals surface area contributed by atoms with Crippen LogP contribution in [0.5, 0.6) is 0 Å². The molecule has 0 aromatic heterocycles. The van der Waals surface area contributed by atoms with E-state index in [2.05, 4.69) is 5.32 Å². The Bertz CT molecular complexity index is 695. The molecule has 5 heteroatoms. The van der Waals surface area contributed by atoms with Crippen molar-refractivity contribution < 1.29 is 13.6 Å². The van der Waals surface area contributed by atoms with Gasteiger partial charge in [0, 0.05) is 29.6 Å². The molecule has 2 aromatic rings. The highest BCUT2D eigenvalue weighted by atomic mass is 19.1. The standard InChI is InChI=1S/C18H18F2N2O/c19-15-2-1-3-16(20)17(15)13-10-14(13)18(23)22-9-8-11-4-6-12(21)7-5-11/h1-7,13-14H,8-10,21H2,(H,22,23). The first-order chi connectivity index (χ1) is 11.1. The number of halogens is 2. The van der Waals surface area contributed by atoms with E-state index >= 15 is 0 Å². The average molecular weight is 316 g/mol. The van der Waals surface area contributed by atoms with Gasteiger partial charge >= 0.3 is 0 Å². The molecule has 0 bridgehead atoms. The fraction of sp³-hybridized carbons (Fsp3) is 0.278. The monoisotopic (exact) mass is 316 g/mol. The van der Waals surface area contributed by atoms with Gasteiger partial charge in [-0.05, 0) is 42.7 Å². The van der Waals surface area contributed by atoms with Crippen LogP contribution in [0.4, 0.5) is 14.5 Å². The molecule has 2 aromatic carbocycles. The summed E-state index contributed by atoms with van der Waals surface area (Å²) >= 11 is 0. The molecular weight excluding hydrogens is 298 g/mol. The van der Waals surface area contributed by atoms with Gasteiger partial charge in [-0.25, -0.2) is 8.78 Å². The van der Waals surface area contributed by atoms with Crippen molar-refractivity contribution in [2.75, 3.05) is 12.3 Å². The molecule has 0 radical (unpaired) electrons. The second-order valence-corrected chi connectivity index (χ2v) is 5.87. The van der Waals surface area contributed by atoms with E-state index in [0.717, 1.165) is 5.56 Å². The van der Waals surface area contributed by atoms with E-state index in [1.807, 2.05) is 24.3 Å². The topological polar surface area (TPSA) is 55.1 Å². The van der Waals surface area contributed by atoms with Gasteiger partial charge < -0.3 is 11.1 Å². The van der Waals surface area contributed by atoms with Gasteiger partial charge in [-0.2, -0.15) is 0 Å². The Balaban J connectivity index is 1.52. The Morgan fingerprint density at radius 1 is 1.13 bits per heavy atom. The fourth-order valence-electron chi connectivity index (χ4n) is 2.81. The van der Waals surface area contributed by atoms with Crippen LogP contribution in [-0.2, 0) is 11.2 Å². The minimum Gasteiger partial charge on any atom is -0.399 e. The van der Waals surface area contributed by atoms with Crippen LogP contribution in [0.25, 0.3) is 0 Å². The maximum Gasteiger partial charge on any atom is 0.223 e. The molecule has 0 heterocycles. The number of nitrogens with two attached hydrogens (primary N) is 1. The number of hydrogen-bond donors (Lipinski definition) is 2. The Morgan fingerprint density at radius 3 is 2.43 bits per heavy atom. The van der Waals surface area contributed by atoms with Gasteiger partial charge in [0.15, 0.2) is 0 Å². The number of nitrogen functional groups attached to an aromatic ring is 1. The summed E-state index contributed by atoms with van der Waals surface area (Å²) in [7, 11) is 0. The Hall–Kier alpha value is -2.43. The molecule has 3 nitrogen and oxygen atoms in total. The van der Waals surface area contributed by atoms with Gasteiger partial charge in [-0.15, -0.1) is 0 Å². The average Bonchev–Trinajstić information content (AvgIpc) is 3.29. The Labute approximate surface area is 133 Å². The number of amides is 1. The number of nitrogens with one attached hydrogen (secondary N) is 1. The molecule has 1 saturated carbocycles. The number of carbonyl (C=O) groups excluding carboxylic acids is 1. The highest BCUT2D eigenvalue weighted by Gasteiger charge is 2.46. The van der Waals surface area contributed by atoms with Crippen molar-refractivity contribution in [3.8, 4) is 0 Å². The highest BCUT2D eigenvalue weighted by molar-refractivity contribution is 5.82. The van der Waals surface area contributed by atoms with Crippen LogP contribution in [0, 0.1) is 17.6 Å². The number of carbonyl (C=O) groups is 1. The van der Waals surface area contributed by atoms with Crippen LogP contribution in [0.2, 0.25) is 0 Å². The van der Waals surface area contributed by atoms with Crippen LogP contribution < -0.4 is 11.1 Å². The molecule has 3 N–H and O–H groups in total. The summed E-state index contributed by atoms with van der Waals surface area (Å²) in [6, 6.07) is 11.2. The summed E-state index contributed by atoms with van der Waals surface area (Å²) in [4.78, 5) is 12.1. The summed E-state index contributed by atoms with van der Waals surface area (Å²) in [5.41, 5.74) is 7.42. The molecule has 23 heavy (non-hydrogen) atoms. The summed E-state index contributed by atoms with van der Waals surface area (Å²) in [6.45, 7) is 0.492. The van der Waals surface area contributed by atoms with E-state index in [0.29, 0.717) is 25.1 Å². The number of anilines is 1. The van der Waals surface area contributed by atoms with Gasteiger partial charge in [0.25, 0.3) is 0 Å². The first-order valence-electron chi connectivity index (χ1n) is 7.62. The number of hydrogen-bond acceptors (Lipinski definition) is 2. The highest BCUT2D eigenvalue weighted by Crippen LogP contribution is 2.49. The van der Waals surface area contributed by atoms with Gasteiger partial charge in [-0.3, -0.25) is 4.79 Å². The zero-order valence-corrected chi connectivity index (χ0v) is 12.6. The molecule has 0 aliphatic heterocycles. The zero-order chi connectivity index (χ0) is 16.4. The van der Waals surface area contributed by atoms with Crippen LogP contribution in [0.3, 0.4) is 0 Å². The lowest BCUT2D eigenvalue weighted by molar-refractivity contribution is -0.122. The molecule has 1 amide bonds. The summed E-state index contributed by atoms with van der Waals surface area (Å²) in [6.07, 6.45) is 1.18. The SMILES string of the molecule is Nc1ccc(CCNC(=O)C2CC2c2c(F)cccc2F)cc1. The maximum atomic E-state index is 13.7. The van der Waals surface area contributed by atoms with Gasteiger partial charge in [0.1, 0.15) is 11.6 Å². The van der Waals surface area contributed by atoms with Crippen LogP contribution in [0.1, 0.15) is 23.5 Å². The molecule has 0 spiro atoms. The lowest BCUT2D eigenvalue weighted by Crippen LogP contribution is -2.27. The van der Waals surface area contributed by atoms with E-state index in [4.69, 9.17) is 5.73 Å². The third kappa shape index (κ3) is 3.50. The minimum absolute atomic E-state index is 0.0335. The summed E-state index contributed by atoms with van der Waals surface area (Å²) in [5, 5.41) is 2.83. The van der Waals surface area contributed by atoms with E-state index in [1.165, 1.54) is 18.2 Å². The maximum absolute atomic E-state index is 13.7. The van der Waals surface area contributed by atoms with Crippen LogP contribution >= 0.6 is 0 Å². The second-order valence-electron chi connectivity index (χ2n) is 5.87. The molecule has 0 saturated heterocycles. The first kappa shape index (κ1) is 15.5. The zero-order valence-electron chi connectivity index (χ0n) is 12.6. The number of benzene rings is 2. The van der Waals surface area contributed by atoms with Crippen molar-refractivity contribution >= 4 is 11.6 Å². The van der Waals surface area contributed by atoms with E-state index < -0.39 is 11.6 Å². The third-order valence-electron chi connectivity index (χ3n) is 4.19. The number of rotatable bonds is 5. The van der Waals surface area contributed by atoms with Gasteiger partial charge in [-0.1, -0.05) is 18.2 Å². The lowest BCUT2D eigenvalue weighted by Gasteiger charge is -2.07. The summed E-state index contributed by atoms with van der Waals surface area (Å²) < 4.78 is 27.4. The van der Waals surface area contributed by atoms with Gasteiger partial charge in [0.05, 0.1) is 0 Å². The van der Waals surface area contributed by atoms with Crippen molar-refractivity contribution in [2.45, 2.75) is 18.8 Å². The summed E-state index contributed by atoms with van der Waals surface area (Å²) in [5.74, 6) is -1.99. The third-order valence-corrected chi connectivity index (χ3v) is 4.19. The molecule has 2 atom stereocenters. The van der Waals surface area contributed by atoms with Crippen molar-refractivity contribution in [1.29, 1.82) is 0 Å². The molecule has 120 valence electrons. The van der Waals surface area contributed by atoms with Gasteiger partial charge in [0.2, 0.25) is 5.91 Å². The fourth-order valence-corrected chi connectivity index (χ4v) is 2.81. The Kier molecular flexibility index (Phi) is 4.28. The van der Waals surface area contributed by atoms with Crippen LogP contribution in [0.15, 0.2) is 42.5 Å². The largest absolute Gasteiger partial charge is 0.399 e. The van der Waals surface area contributed by atoms with E-state index in [1.54, 1.807) is 0 Å². The van der Waals surface area contributed by atoms with Crippen molar-refractivity contribution in [3.05, 3.63) is 65.2 Å². The first-order valence-corrected chi connectivity index (χ1v) is 7.62. The molecular formula is C18H18F2N2O. The smallest absolute Gasteiger partial charge is 0.223 e. The van der Waals surface area contributed by atoms with Crippen molar-refractivity contribution in [2.24, 2.45) is 5.92 Å². The van der Waals surface area contributed by atoms with Crippen molar-refractivity contribution in [3.63, 3.8) is 0 Å². The Morgan fingerprint density at radius 2 is 1.78 bits per heavy atom.